The van der Waals surface area contributed by atoms with Crippen molar-refractivity contribution < 1.29 is 0 Å². The van der Waals surface area contributed by atoms with Crippen molar-refractivity contribution in [2.45, 2.75) is 43.5 Å². The number of fused-ring (bicyclic) bond motifs is 1. The third-order valence-corrected chi connectivity index (χ3v) is 5.25. The van der Waals surface area contributed by atoms with Crippen molar-refractivity contribution in [2.24, 2.45) is 0 Å². The van der Waals surface area contributed by atoms with E-state index in [1.165, 1.54) is 25.0 Å². The molecule has 1 aromatic rings. The van der Waals surface area contributed by atoms with Crippen molar-refractivity contribution in [1.29, 1.82) is 0 Å². The largest absolute Gasteiger partial charge is 0.306 e. The van der Waals surface area contributed by atoms with Gasteiger partial charge >= 0.3 is 0 Å². The summed E-state index contributed by atoms with van der Waals surface area (Å²) in [4.78, 5) is 0. The first-order valence-corrected chi connectivity index (χ1v) is 7.35. The Balaban J connectivity index is 1.73. The maximum absolute atomic E-state index is 3.86. The molecule has 0 spiro atoms. The molecule has 1 N–H and O–H groups in total. The first-order chi connectivity index (χ1) is 7.84. The van der Waals surface area contributed by atoms with Crippen LogP contribution in [0.3, 0.4) is 0 Å². The van der Waals surface area contributed by atoms with Crippen molar-refractivity contribution in [3.05, 3.63) is 35.4 Å². The second-order valence-corrected chi connectivity index (χ2v) is 6.41. The Morgan fingerprint density at radius 2 is 2.12 bits per heavy atom. The molecule has 1 nitrogen and oxygen atoms in total. The van der Waals surface area contributed by atoms with Gasteiger partial charge in [-0.25, -0.2) is 0 Å². The Hall–Kier alpha value is -0.470. The highest BCUT2D eigenvalue weighted by molar-refractivity contribution is 8.00. The van der Waals surface area contributed by atoms with Crippen LogP contribution in [0.1, 0.15) is 36.9 Å². The molecule has 3 unspecified atom stereocenters. The number of thioether (sulfide) groups is 1. The highest BCUT2D eigenvalue weighted by Crippen LogP contribution is 2.34. The SMILES string of the molecule is CC1SCCC1NC1CCc2ccccc21. The molecule has 1 heterocycles. The van der Waals surface area contributed by atoms with Crippen molar-refractivity contribution in [3.8, 4) is 0 Å². The van der Waals surface area contributed by atoms with Gasteiger partial charge in [-0.3, -0.25) is 0 Å². The zero-order valence-corrected chi connectivity index (χ0v) is 10.6. The maximum atomic E-state index is 3.86. The average molecular weight is 233 g/mol. The van der Waals surface area contributed by atoms with E-state index in [1.807, 2.05) is 0 Å². The highest BCUT2D eigenvalue weighted by Gasteiger charge is 2.29. The van der Waals surface area contributed by atoms with Gasteiger partial charge in [0.25, 0.3) is 0 Å². The summed E-state index contributed by atoms with van der Waals surface area (Å²) in [6.07, 6.45) is 3.87. The normalized spacial score (nSPS) is 32.9. The van der Waals surface area contributed by atoms with Crippen LogP contribution < -0.4 is 5.32 Å². The van der Waals surface area contributed by atoms with Gasteiger partial charge in [-0.2, -0.15) is 11.8 Å². The number of benzene rings is 1. The standard InChI is InChI=1S/C14H19NS/c1-10-13(8-9-16-10)15-14-7-6-11-4-2-3-5-12(11)14/h2-5,10,13-15H,6-9H2,1H3. The van der Waals surface area contributed by atoms with Gasteiger partial charge in [-0.15, -0.1) is 0 Å². The summed E-state index contributed by atoms with van der Waals surface area (Å²) in [6.45, 7) is 2.36. The van der Waals surface area contributed by atoms with Gasteiger partial charge in [0.15, 0.2) is 0 Å². The monoisotopic (exact) mass is 233 g/mol. The predicted octanol–water partition coefficient (Wildman–Crippen LogP) is 3.16. The lowest BCUT2D eigenvalue weighted by Crippen LogP contribution is -2.35. The number of nitrogens with one attached hydrogen (secondary N) is 1. The van der Waals surface area contributed by atoms with Crippen LogP contribution in [0.25, 0.3) is 0 Å². The second-order valence-electron chi connectivity index (χ2n) is 4.93. The minimum Gasteiger partial charge on any atom is -0.306 e. The topological polar surface area (TPSA) is 12.0 Å². The van der Waals surface area contributed by atoms with E-state index >= 15 is 0 Å². The lowest BCUT2D eigenvalue weighted by molar-refractivity contribution is 0.431. The average Bonchev–Trinajstić information content (AvgIpc) is 2.88. The Bertz CT molecular complexity index is 377. The van der Waals surface area contributed by atoms with Crippen LogP contribution in [0.5, 0.6) is 0 Å². The van der Waals surface area contributed by atoms with Crippen LogP contribution in [0.15, 0.2) is 24.3 Å². The highest BCUT2D eigenvalue weighted by atomic mass is 32.2. The Labute approximate surface area is 102 Å². The molecule has 2 heteroatoms. The van der Waals surface area contributed by atoms with Crippen molar-refractivity contribution in [2.75, 3.05) is 5.75 Å². The molecule has 0 amide bonds. The Morgan fingerprint density at radius 3 is 2.94 bits per heavy atom. The number of rotatable bonds is 2. The Morgan fingerprint density at radius 1 is 1.25 bits per heavy atom. The van der Waals surface area contributed by atoms with E-state index in [0.29, 0.717) is 6.04 Å². The molecule has 3 atom stereocenters. The summed E-state index contributed by atoms with van der Waals surface area (Å²) in [7, 11) is 0. The zero-order chi connectivity index (χ0) is 11.0. The fourth-order valence-electron chi connectivity index (χ4n) is 2.94. The molecule has 16 heavy (non-hydrogen) atoms. The maximum Gasteiger partial charge on any atom is 0.0329 e. The van der Waals surface area contributed by atoms with E-state index in [1.54, 1.807) is 11.1 Å². The van der Waals surface area contributed by atoms with E-state index in [-0.39, 0.29) is 0 Å². The summed E-state index contributed by atoms with van der Waals surface area (Å²) in [6, 6.07) is 10.3. The first-order valence-electron chi connectivity index (χ1n) is 6.30. The van der Waals surface area contributed by atoms with Crippen LogP contribution in [0.4, 0.5) is 0 Å². The van der Waals surface area contributed by atoms with Crippen LogP contribution in [-0.2, 0) is 6.42 Å². The molecule has 1 saturated heterocycles. The number of hydrogen-bond acceptors (Lipinski definition) is 2. The summed E-state index contributed by atoms with van der Waals surface area (Å²) >= 11 is 2.11. The van der Waals surface area contributed by atoms with E-state index in [9.17, 15) is 0 Å². The first kappa shape index (κ1) is 10.7. The Kier molecular flexibility index (Phi) is 2.95. The molecule has 0 aromatic heterocycles. The van der Waals surface area contributed by atoms with Gasteiger partial charge in [-0.05, 0) is 36.1 Å². The third kappa shape index (κ3) is 1.89. The minimum atomic E-state index is 0.613. The van der Waals surface area contributed by atoms with Gasteiger partial charge in [0.2, 0.25) is 0 Å². The van der Waals surface area contributed by atoms with Crippen molar-refractivity contribution in [3.63, 3.8) is 0 Å². The quantitative estimate of drug-likeness (QED) is 0.842. The third-order valence-electron chi connectivity index (χ3n) is 3.92. The molecular formula is C14H19NS. The van der Waals surface area contributed by atoms with Crippen molar-refractivity contribution >= 4 is 11.8 Å². The van der Waals surface area contributed by atoms with Gasteiger partial charge in [0.05, 0.1) is 0 Å². The summed E-state index contributed by atoms with van der Waals surface area (Å²) in [5.74, 6) is 1.33. The summed E-state index contributed by atoms with van der Waals surface area (Å²) in [5.41, 5.74) is 3.10. The zero-order valence-electron chi connectivity index (χ0n) is 9.78. The molecule has 0 saturated carbocycles. The van der Waals surface area contributed by atoms with E-state index < -0.39 is 0 Å². The van der Waals surface area contributed by atoms with Crippen LogP contribution >= 0.6 is 11.8 Å². The van der Waals surface area contributed by atoms with Crippen molar-refractivity contribution in [1.82, 2.24) is 5.32 Å². The minimum absolute atomic E-state index is 0.613. The molecule has 3 rings (SSSR count). The lowest BCUT2D eigenvalue weighted by atomic mass is 10.1. The van der Waals surface area contributed by atoms with Gasteiger partial charge < -0.3 is 5.32 Å². The number of hydrogen-bond donors (Lipinski definition) is 1. The summed E-state index contributed by atoms with van der Waals surface area (Å²) in [5, 5.41) is 4.65. The predicted molar refractivity (Wildman–Crippen MR) is 71.0 cm³/mol. The molecule has 1 fully saturated rings. The smallest absolute Gasteiger partial charge is 0.0329 e. The molecular weight excluding hydrogens is 214 g/mol. The van der Waals surface area contributed by atoms with E-state index in [2.05, 4.69) is 48.3 Å². The van der Waals surface area contributed by atoms with E-state index in [0.717, 1.165) is 11.3 Å². The molecule has 0 radical (unpaired) electrons. The molecule has 86 valence electrons. The van der Waals surface area contributed by atoms with Crippen LogP contribution in [0.2, 0.25) is 0 Å². The van der Waals surface area contributed by atoms with Gasteiger partial charge in [0.1, 0.15) is 0 Å². The fraction of sp³-hybridized carbons (Fsp3) is 0.571. The van der Waals surface area contributed by atoms with E-state index in [4.69, 9.17) is 0 Å². The molecule has 1 aliphatic heterocycles. The molecule has 1 aliphatic carbocycles. The van der Waals surface area contributed by atoms with Crippen LogP contribution in [0, 0.1) is 0 Å². The fourth-order valence-corrected chi connectivity index (χ4v) is 4.15. The molecule has 2 aliphatic rings. The second kappa shape index (κ2) is 4.42. The van der Waals surface area contributed by atoms with Crippen LogP contribution in [-0.4, -0.2) is 17.0 Å². The summed E-state index contributed by atoms with van der Waals surface area (Å²) < 4.78 is 0. The number of aryl methyl sites for hydroxylation is 1. The van der Waals surface area contributed by atoms with Gasteiger partial charge in [-0.1, -0.05) is 31.2 Å². The van der Waals surface area contributed by atoms with Gasteiger partial charge in [0, 0.05) is 17.3 Å². The lowest BCUT2D eigenvalue weighted by Gasteiger charge is -2.22. The molecule has 0 bridgehead atoms. The molecule has 1 aromatic carbocycles.